The average Bonchev–Trinajstić information content (AvgIpc) is 3.15. The topological polar surface area (TPSA) is 115 Å². The minimum atomic E-state index is -4.29. The normalized spacial score (nSPS) is 12.6. The van der Waals surface area contributed by atoms with Crippen molar-refractivity contribution >= 4 is 24.1 Å². The van der Waals surface area contributed by atoms with Crippen LogP contribution in [-0.4, -0.2) is 28.2 Å². The predicted octanol–water partition coefficient (Wildman–Crippen LogP) is 3.49. The van der Waals surface area contributed by atoms with E-state index in [0.29, 0.717) is 17.3 Å². The molecule has 140 valence electrons. The lowest BCUT2D eigenvalue weighted by molar-refractivity contribution is 0.301. The van der Waals surface area contributed by atoms with Gasteiger partial charge in [0, 0.05) is 16.9 Å². The zero-order valence-corrected chi connectivity index (χ0v) is 16.1. The highest BCUT2D eigenvalue weighted by atomic mass is 32.1. The van der Waals surface area contributed by atoms with E-state index in [4.69, 9.17) is 25.0 Å². The number of nitrogen functional groups attached to an aromatic ring is 1. The fraction of sp³-hybridized carbons (Fsp3) is 0.167. The van der Waals surface area contributed by atoms with Crippen molar-refractivity contribution < 1.29 is 23.8 Å². The molecule has 0 atom stereocenters. The first-order chi connectivity index (χ1) is 12.9. The predicted molar refractivity (Wildman–Crippen MR) is 104 cm³/mol. The second-order valence-electron chi connectivity index (χ2n) is 6.13. The van der Waals surface area contributed by atoms with E-state index < -0.39 is 13.9 Å². The molecule has 1 aliphatic rings. The maximum absolute atomic E-state index is 11.2. The van der Waals surface area contributed by atoms with Crippen molar-refractivity contribution in [3.63, 3.8) is 0 Å². The molecule has 0 unspecified atom stereocenters. The standard InChI is InChI=1S/C18H17N2O5PS/c1-24-11-4-2-10(3-5-11)12-6-7-14(25-9-26(21,22)23)16-13(12)8-15-17(16)20-18(19)27-15/h2-7H,8-9H2,1H3,(H2,19,20)(H2,21,22,23). The molecule has 1 aromatic heterocycles. The highest BCUT2D eigenvalue weighted by Gasteiger charge is 2.30. The number of methoxy groups -OCH3 is 1. The van der Waals surface area contributed by atoms with E-state index >= 15 is 0 Å². The molecule has 0 radical (unpaired) electrons. The van der Waals surface area contributed by atoms with Gasteiger partial charge >= 0.3 is 7.60 Å². The Morgan fingerprint density at radius 1 is 1.22 bits per heavy atom. The van der Waals surface area contributed by atoms with E-state index in [1.54, 1.807) is 13.2 Å². The molecule has 1 aliphatic carbocycles. The molecule has 0 fully saturated rings. The number of hydrogen-bond acceptors (Lipinski definition) is 6. The van der Waals surface area contributed by atoms with Crippen LogP contribution in [0.2, 0.25) is 0 Å². The Balaban J connectivity index is 1.82. The van der Waals surface area contributed by atoms with E-state index in [2.05, 4.69) is 4.98 Å². The van der Waals surface area contributed by atoms with E-state index in [-0.39, 0.29) is 0 Å². The Hall–Kier alpha value is -2.38. The number of ether oxygens (including phenoxy) is 2. The molecular formula is C18H17N2O5PS. The van der Waals surface area contributed by atoms with Gasteiger partial charge in [0.25, 0.3) is 0 Å². The Bertz CT molecular complexity index is 1060. The van der Waals surface area contributed by atoms with E-state index in [1.807, 2.05) is 30.3 Å². The Morgan fingerprint density at radius 2 is 1.96 bits per heavy atom. The van der Waals surface area contributed by atoms with Gasteiger partial charge in [-0.1, -0.05) is 18.2 Å². The molecule has 0 aliphatic heterocycles. The molecule has 0 bridgehead atoms. The van der Waals surface area contributed by atoms with Gasteiger partial charge in [0.1, 0.15) is 11.5 Å². The van der Waals surface area contributed by atoms with Gasteiger partial charge in [-0.2, -0.15) is 0 Å². The van der Waals surface area contributed by atoms with Crippen LogP contribution in [0.4, 0.5) is 5.13 Å². The van der Waals surface area contributed by atoms with Crippen molar-refractivity contribution in [3.8, 4) is 33.9 Å². The molecule has 0 saturated carbocycles. The third-order valence-corrected chi connectivity index (χ3v) is 5.70. The van der Waals surface area contributed by atoms with Gasteiger partial charge in [-0.15, -0.1) is 11.3 Å². The molecule has 0 amide bonds. The van der Waals surface area contributed by atoms with E-state index in [1.165, 1.54) is 11.3 Å². The summed E-state index contributed by atoms with van der Waals surface area (Å²) in [7, 11) is -2.67. The molecule has 0 spiro atoms. The molecule has 2 aromatic carbocycles. The van der Waals surface area contributed by atoms with Crippen LogP contribution in [0.5, 0.6) is 11.5 Å². The van der Waals surface area contributed by atoms with Crippen molar-refractivity contribution in [1.82, 2.24) is 4.98 Å². The van der Waals surface area contributed by atoms with Crippen LogP contribution >= 0.6 is 18.9 Å². The summed E-state index contributed by atoms with van der Waals surface area (Å²) in [5, 5.41) is 0.460. The summed E-state index contributed by atoms with van der Waals surface area (Å²) in [5.41, 5.74) is 10.4. The Labute approximate surface area is 159 Å². The number of aromatic nitrogens is 1. The molecule has 1 heterocycles. The molecule has 9 heteroatoms. The largest absolute Gasteiger partial charge is 0.497 e. The zero-order chi connectivity index (χ0) is 19.2. The van der Waals surface area contributed by atoms with Crippen molar-refractivity contribution in [2.24, 2.45) is 0 Å². The molecule has 0 saturated heterocycles. The number of rotatable bonds is 5. The number of nitrogens with two attached hydrogens (primary N) is 1. The van der Waals surface area contributed by atoms with Gasteiger partial charge < -0.3 is 25.0 Å². The molecule has 3 aromatic rings. The third-order valence-electron chi connectivity index (χ3n) is 4.35. The highest BCUT2D eigenvalue weighted by Crippen LogP contribution is 2.49. The first-order valence-electron chi connectivity index (χ1n) is 8.09. The van der Waals surface area contributed by atoms with Crippen LogP contribution < -0.4 is 15.2 Å². The number of anilines is 1. The SMILES string of the molecule is COc1ccc(-c2ccc(OCP(=O)(O)O)c3c2Cc2sc(N)nc2-3)cc1. The fourth-order valence-corrected chi connectivity index (χ4v) is 4.39. The molecule has 27 heavy (non-hydrogen) atoms. The third kappa shape index (κ3) is 3.44. The van der Waals surface area contributed by atoms with Gasteiger partial charge in [-0.3, -0.25) is 4.57 Å². The first-order valence-corrected chi connectivity index (χ1v) is 10.7. The minimum absolute atomic E-state index is 0.398. The van der Waals surface area contributed by atoms with Crippen LogP contribution in [0, 0.1) is 0 Å². The molecule has 4 rings (SSSR count). The monoisotopic (exact) mass is 404 g/mol. The maximum Gasteiger partial charge on any atom is 0.362 e. The van der Waals surface area contributed by atoms with E-state index in [9.17, 15) is 4.57 Å². The van der Waals surface area contributed by atoms with Crippen molar-refractivity contribution in [3.05, 3.63) is 46.8 Å². The summed E-state index contributed by atoms with van der Waals surface area (Å²) in [6.07, 6.45) is -0.0374. The number of thiazole rings is 1. The second-order valence-corrected chi connectivity index (χ2v) is 8.83. The Kier molecular flexibility index (Phi) is 4.44. The number of hydrogen-bond donors (Lipinski definition) is 3. The highest BCUT2D eigenvalue weighted by molar-refractivity contribution is 7.51. The van der Waals surface area contributed by atoms with Crippen molar-refractivity contribution in [1.29, 1.82) is 0 Å². The van der Waals surface area contributed by atoms with Crippen LogP contribution in [0.15, 0.2) is 36.4 Å². The smallest absolute Gasteiger partial charge is 0.362 e. The quantitative estimate of drug-likeness (QED) is 0.436. The van der Waals surface area contributed by atoms with Crippen LogP contribution in [-0.2, 0) is 11.0 Å². The second kappa shape index (κ2) is 6.65. The lowest BCUT2D eigenvalue weighted by Crippen LogP contribution is -2.01. The van der Waals surface area contributed by atoms with Gasteiger partial charge in [0.15, 0.2) is 11.5 Å². The summed E-state index contributed by atoms with van der Waals surface area (Å²) in [4.78, 5) is 23.7. The van der Waals surface area contributed by atoms with Gasteiger partial charge in [0.2, 0.25) is 0 Å². The average molecular weight is 404 g/mol. The molecule has 7 nitrogen and oxygen atoms in total. The van der Waals surface area contributed by atoms with Crippen LogP contribution in [0.25, 0.3) is 22.4 Å². The van der Waals surface area contributed by atoms with E-state index in [0.717, 1.165) is 38.6 Å². The summed E-state index contributed by atoms with van der Waals surface area (Å²) < 4.78 is 21.9. The maximum atomic E-state index is 11.2. The van der Waals surface area contributed by atoms with Gasteiger partial charge in [-0.25, -0.2) is 4.98 Å². The summed E-state index contributed by atoms with van der Waals surface area (Å²) >= 11 is 1.41. The van der Waals surface area contributed by atoms with Crippen molar-refractivity contribution in [2.45, 2.75) is 6.42 Å². The van der Waals surface area contributed by atoms with Crippen LogP contribution in [0.1, 0.15) is 10.4 Å². The fourth-order valence-electron chi connectivity index (χ4n) is 3.23. The molecular weight excluding hydrogens is 387 g/mol. The first kappa shape index (κ1) is 18.0. The minimum Gasteiger partial charge on any atom is -0.497 e. The lowest BCUT2D eigenvalue weighted by Gasteiger charge is -2.15. The van der Waals surface area contributed by atoms with Crippen molar-refractivity contribution in [2.75, 3.05) is 19.2 Å². The van der Waals surface area contributed by atoms with Crippen LogP contribution in [0.3, 0.4) is 0 Å². The van der Waals surface area contributed by atoms with Gasteiger partial charge in [0.05, 0.1) is 12.8 Å². The van der Waals surface area contributed by atoms with Gasteiger partial charge in [-0.05, 0) is 34.9 Å². The zero-order valence-electron chi connectivity index (χ0n) is 14.4. The number of fused-ring (bicyclic) bond motifs is 3. The Morgan fingerprint density at radius 3 is 2.63 bits per heavy atom. The number of benzene rings is 2. The molecule has 4 N–H and O–H groups in total. The summed E-state index contributed by atoms with van der Waals surface area (Å²) in [6.45, 7) is 0. The lowest BCUT2D eigenvalue weighted by atomic mass is 9.95. The summed E-state index contributed by atoms with van der Waals surface area (Å²) in [6, 6.07) is 11.3. The number of nitrogens with zero attached hydrogens (tertiary/aromatic N) is 1. The summed E-state index contributed by atoms with van der Waals surface area (Å²) in [5.74, 6) is 1.17.